The summed E-state index contributed by atoms with van der Waals surface area (Å²) in [7, 11) is 2.53. The van der Waals surface area contributed by atoms with Gasteiger partial charge in [-0.25, -0.2) is 9.59 Å². The highest BCUT2D eigenvalue weighted by Crippen LogP contribution is 2.20. The summed E-state index contributed by atoms with van der Waals surface area (Å²) in [5.74, 6) is -0.768. The number of benzene rings is 1. The van der Waals surface area contributed by atoms with Crippen molar-refractivity contribution in [2.45, 2.75) is 6.61 Å². The fraction of sp³-hybridized carbons (Fsp3) is 0.188. The molecule has 0 aliphatic heterocycles. The van der Waals surface area contributed by atoms with Crippen molar-refractivity contribution in [3.63, 3.8) is 0 Å². The molecule has 0 unspecified atom stereocenters. The number of hydrogen-bond donors (Lipinski definition) is 0. The number of methoxy groups -OCH3 is 2. The summed E-state index contributed by atoms with van der Waals surface area (Å²) in [4.78, 5) is 27.5. The second-order valence-corrected chi connectivity index (χ2v) is 4.34. The fourth-order valence-corrected chi connectivity index (χ4v) is 1.79. The van der Waals surface area contributed by atoms with E-state index < -0.39 is 11.9 Å². The minimum Gasteiger partial charge on any atom is -0.487 e. The highest BCUT2D eigenvalue weighted by Gasteiger charge is 2.14. The van der Waals surface area contributed by atoms with Crippen molar-refractivity contribution < 1.29 is 23.8 Å². The third kappa shape index (κ3) is 3.82. The molecule has 22 heavy (non-hydrogen) atoms. The van der Waals surface area contributed by atoms with E-state index in [4.69, 9.17) is 4.74 Å². The first-order valence-corrected chi connectivity index (χ1v) is 6.48. The number of ether oxygens (including phenoxy) is 3. The molecule has 0 aliphatic rings. The van der Waals surface area contributed by atoms with E-state index in [9.17, 15) is 9.59 Å². The predicted molar refractivity (Wildman–Crippen MR) is 77.7 cm³/mol. The van der Waals surface area contributed by atoms with Gasteiger partial charge in [0.2, 0.25) is 0 Å². The first-order valence-electron chi connectivity index (χ1n) is 6.48. The Labute approximate surface area is 127 Å². The first kappa shape index (κ1) is 15.5. The molecule has 0 fully saturated rings. The maximum Gasteiger partial charge on any atom is 0.338 e. The highest BCUT2D eigenvalue weighted by molar-refractivity contribution is 5.96. The van der Waals surface area contributed by atoms with Crippen LogP contribution in [0.5, 0.6) is 5.75 Å². The Kier molecular flexibility index (Phi) is 5.08. The molecule has 1 heterocycles. The predicted octanol–water partition coefficient (Wildman–Crippen LogP) is 2.23. The van der Waals surface area contributed by atoms with Crippen molar-refractivity contribution in [2.24, 2.45) is 0 Å². The van der Waals surface area contributed by atoms with Gasteiger partial charge in [-0.15, -0.1) is 0 Å². The van der Waals surface area contributed by atoms with E-state index in [1.54, 1.807) is 12.3 Å². The Bertz CT molecular complexity index is 635. The van der Waals surface area contributed by atoms with Crippen LogP contribution < -0.4 is 4.74 Å². The Morgan fingerprint density at radius 2 is 1.64 bits per heavy atom. The summed E-state index contributed by atoms with van der Waals surface area (Å²) in [6.07, 6.45) is 1.66. The molecule has 0 atom stereocenters. The second-order valence-electron chi connectivity index (χ2n) is 4.34. The molecule has 1 aromatic carbocycles. The molecule has 2 rings (SSSR count). The van der Waals surface area contributed by atoms with Crippen molar-refractivity contribution in [3.8, 4) is 5.75 Å². The van der Waals surface area contributed by atoms with Gasteiger partial charge in [-0.1, -0.05) is 6.07 Å². The van der Waals surface area contributed by atoms with Gasteiger partial charge in [0.05, 0.1) is 31.0 Å². The number of aromatic nitrogens is 1. The van der Waals surface area contributed by atoms with E-state index in [-0.39, 0.29) is 17.7 Å². The number of hydrogen-bond acceptors (Lipinski definition) is 6. The van der Waals surface area contributed by atoms with Crippen LogP contribution in [-0.4, -0.2) is 31.1 Å². The van der Waals surface area contributed by atoms with Gasteiger partial charge < -0.3 is 14.2 Å². The smallest absolute Gasteiger partial charge is 0.338 e. The van der Waals surface area contributed by atoms with Crippen molar-refractivity contribution in [1.82, 2.24) is 4.98 Å². The Morgan fingerprint density at radius 1 is 1.00 bits per heavy atom. The summed E-state index contributed by atoms with van der Waals surface area (Å²) >= 11 is 0. The van der Waals surface area contributed by atoms with Crippen LogP contribution in [0.15, 0.2) is 42.6 Å². The molecule has 0 saturated carbocycles. The van der Waals surface area contributed by atoms with Gasteiger partial charge in [-0.3, -0.25) is 4.98 Å². The van der Waals surface area contributed by atoms with Crippen LogP contribution in [0.4, 0.5) is 0 Å². The van der Waals surface area contributed by atoms with E-state index in [2.05, 4.69) is 14.5 Å². The van der Waals surface area contributed by atoms with Gasteiger partial charge in [-0.2, -0.15) is 0 Å². The van der Waals surface area contributed by atoms with Gasteiger partial charge in [0.25, 0.3) is 0 Å². The Hall–Kier alpha value is -2.89. The van der Waals surface area contributed by atoms with Crippen LogP contribution in [0.25, 0.3) is 0 Å². The maximum absolute atomic E-state index is 11.7. The summed E-state index contributed by atoms with van der Waals surface area (Å²) in [6.45, 7) is 0.214. The van der Waals surface area contributed by atoms with Gasteiger partial charge in [-0.05, 0) is 30.3 Å². The van der Waals surface area contributed by atoms with Crippen molar-refractivity contribution in [2.75, 3.05) is 14.2 Å². The monoisotopic (exact) mass is 301 g/mol. The number of esters is 2. The zero-order valence-electron chi connectivity index (χ0n) is 12.2. The van der Waals surface area contributed by atoms with Gasteiger partial charge in [0, 0.05) is 6.20 Å². The molecular formula is C16H15NO5. The lowest BCUT2D eigenvalue weighted by Gasteiger charge is -2.09. The lowest BCUT2D eigenvalue weighted by atomic mass is 10.1. The van der Waals surface area contributed by atoms with Crippen molar-refractivity contribution in [3.05, 3.63) is 59.4 Å². The van der Waals surface area contributed by atoms with E-state index >= 15 is 0 Å². The molecule has 0 N–H and O–H groups in total. The van der Waals surface area contributed by atoms with Crippen LogP contribution in [-0.2, 0) is 16.1 Å². The normalized spacial score (nSPS) is 9.91. The SMILES string of the molecule is COC(=O)c1cc(OCc2ccccn2)cc(C(=O)OC)c1. The topological polar surface area (TPSA) is 74.7 Å². The molecule has 0 aliphatic carbocycles. The summed E-state index contributed by atoms with van der Waals surface area (Å²) in [6, 6.07) is 9.85. The van der Waals surface area contributed by atoms with Crippen LogP contribution in [0.1, 0.15) is 26.4 Å². The van der Waals surface area contributed by atoms with Gasteiger partial charge in [0.1, 0.15) is 12.4 Å². The molecule has 0 saturated heterocycles. The van der Waals surface area contributed by atoms with Crippen molar-refractivity contribution in [1.29, 1.82) is 0 Å². The third-order valence-corrected chi connectivity index (χ3v) is 2.86. The number of carbonyl (C=O) groups is 2. The molecule has 6 heteroatoms. The average Bonchev–Trinajstić information content (AvgIpc) is 2.59. The van der Waals surface area contributed by atoms with E-state index in [0.29, 0.717) is 5.75 Å². The number of rotatable bonds is 5. The molecule has 114 valence electrons. The van der Waals surface area contributed by atoms with E-state index in [1.165, 1.54) is 32.4 Å². The molecular weight excluding hydrogens is 286 g/mol. The molecule has 0 spiro atoms. The third-order valence-electron chi connectivity index (χ3n) is 2.86. The first-order chi connectivity index (χ1) is 10.6. The standard InChI is InChI=1S/C16H15NO5/c1-20-15(18)11-7-12(16(19)21-2)9-14(8-11)22-10-13-5-3-4-6-17-13/h3-9H,10H2,1-2H3. The fourth-order valence-electron chi connectivity index (χ4n) is 1.79. The molecule has 1 aromatic heterocycles. The van der Waals surface area contributed by atoms with Crippen molar-refractivity contribution >= 4 is 11.9 Å². The zero-order valence-corrected chi connectivity index (χ0v) is 12.2. The average molecular weight is 301 g/mol. The second kappa shape index (κ2) is 7.21. The minimum absolute atomic E-state index is 0.210. The zero-order chi connectivity index (χ0) is 15.9. The molecule has 0 amide bonds. The summed E-state index contributed by atoms with van der Waals surface area (Å²) in [5, 5.41) is 0. The maximum atomic E-state index is 11.7. The molecule has 0 bridgehead atoms. The lowest BCUT2D eigenvalue weighted by molar-refractivity contribution is 0.0598. The van der Waals surface area contributed by atoms with Gasteiger partial charge >= 0.3 is 11.9 Å². The van der Waals surface area contributed by atoms with Crippen LogP contribution in [0.2, 0.25) is 0 Å². The largest absolute Gasteiger partial charge is 0.487 e. The number of carbonyl (C=O) groups excluding carboxylic acids is 2. The lowest BCUT2D eigenvalue weighted by Crippen LogP contribution is -2.08. The number of pyridine rings is 1. The molecule has 6 nitrogen and oxygen atoms in total. The minimum atomic E-state index is -0.562. The number of nitrogens with zero attached hydrogens (tertiary/aromatic N) is 1. The van der Waals surface area contributed by atoms with Crippen LogP contribution in [0, 0.1) is 0 Å². The van der Waals surface area contributed by atoms with Crippen LogP contribution in [0.3, 0.4) is 0 Å². The summed E-state index contributed by atoms with van der Waals surface area (Å²) in [5.41, 5.74) is 1.15. The Morgan fingerprint density at radius 3 is 2.14 bits per heavy atom. The van der Waals surface area contributed by atoms with E-state index in [0.717, 1.165) is 5.69 Å². The highest BCUT2D eigenvalue weighted by atomic mass is 16.5. The summed E-state index contributed by atoms with van der Waals surface area (Å²) < 4.78 is 14.9. The quantitative estimate of drug-likeness (QED) is 0.788. The molecule has 0 radical (unpaired) electrons. The van der Waals surface area contributed by atoms with E-state index in [1.807, 2.05) is 12.1 Å². The Balaban J connectivity index is 2.25. The van der Waals surface area contributed by atoms with Gasteiger partial charge in [0.15, 0.2) is 0 Å². The van der Waals surface area contributed by atoms with Crippen LogP contribution >= 0.6 is 0 Å². The molecule has 2 aromatic rings.